The third-order valence-corrected chi connectivity index (χ3v) is 5.29. The van der Waals surface area contributed by atoms with Gasteiger partial charge in [-0.15, -0.1) is 12.4 Å². The van der Waals surface area contributed by atoms with E-state index in [9.17, 15) is 12.8 Å². The van der Waals surface area contributed by atoms with Crippen LogP contribution >= 0.6 is 12.4 Å². The monoisotopic (exact) mass is 405 g/mol. The topological polar surface area (TPSA) is 105 Å². The highest BCUT2D eigenvalue weighted by Gasteiger charge is 2.31. The normalized spacial score (nSPS) is 17.7. The van der Waals surface area contributed by atoms with Gasteiger partial charge in [0.15, 0.2) is 11.6 Å². The van der Waals surface area contributed by atoms with Gasteiger partial charge in [0.05, 0.1) is 24.3 Å². The van der Waals surface area contributed by atoms with Crippen LogP contribution in [0.4, 0.5) is 21.8 Å². The van der Waals surface area contributed by atoms with Crippen LogP contribution in [0, 0.1) is 5.82 Å². The molecule has 0 unspecified atom stereocenters. The molecule has 0 aliphatic carbocycles. The summed E-state index contributed by atoms with van der Waals surface area (Å²) in [5.74, 6) is -0.342. The Morgan fingerprint density at radius 3 is 2.81 bits per heavy atom. The van der Waals surface area contributed by atoms with Crippen LogP contribution in [0.1, 0.15) is 12.8 Å². The molecule has 26 heavy (non-hydrogen) atoms. The van der Waals surface area contributed by atoms with Gasteiger partial charge in [0.2, 0.25) is 16.0 Å². The second kappa shape index (κ2) is 8.14. The van der Waals surface area contributed by atoms with Crippen molar-refractivity contribution in [2.45, 2.75) is 18.9 Å². The maximum Gasteiger partial charge on any atom is 0.229 e. The number of aromatic nitrogens is 4. The van der Waals surface area contributed by atoms with Crippen LogP contribution in [0.5, 0.6) is 0 Å². The van der Waals surface area contributed by atoms with Crippen molar-refractivity contribution in [2.75, 3.05) is 30.0 Å². The highest BCUT2D eigenvalue weighted by molar-refractivity contribution is 7.88. The van der Waals surface area contributed by atoms with E-state index in [-0.39, 0.29) is 36.8 Å². The van der Waals surface area contributed by atoms with Gasteiger partial charge >= 0.3 is 0 Å². The minimum Gasteiger partial charge on any atom is -0.366 e. The van der Waals surface area contributed by atoms with Crippen LogP contribution in [0.25, 0.3) is 0 Å². The highest BCUT2D eigenvalue weighted by Crippen LogP contribution is 2.22. The lowest BCUT2D eigenvalue weighted by atomic mass is 10.2. The first-order valence-electron chi connectivity index (χ1n) is 7.82. The Kier molecular flexibility index (Phi) is 6.37. The smallest absolute Gasteiger partial charge is 0.229 e. The summed E-state index contributed by atoms with van der Waals surface area (Å²) in [6.45, 7) is 0.776. The lowest BCUT2D eigenvalue weighted by Gasteiger charge is -2.22. The van der Waals surface area contributed by atoms with Crippen LogP contribution in [0.3, 0.4) is 0 Å². The summed E-state index contributed by atoms with van der Waals surface area (Å²) in [6, 6.07) is -0.209. The van der Waals surface area contributed by atoms with Gasteiger partial charge in [-0.2, -0.15) is 14.4 Å². The van der Waals surface area contributed by atoms with Crippen LogP contribution in [-0.4, -0.2) is 57.9 Å². The minimum atomic E-state index is -3.27. The van der Waals surface area contributed by atoms with Gasteiger partial charge in [0, 0.05) is 32.4 Å². The number of rotatable bonds is 6. The zero-order valence-electron chi connectivity index (χ0n) is 14.4. The molecule has 2 aromatic rings. The summed E-state index contributed by atoms with van der Waals surface area (Å²) < 4.78 is 40.5. The Morgan fingerprint density at radius 2 is 2.15 bits per heavy atom. The van der Waals surface area contributed by atoms with Crippen molar-refractivity contribution in [1.82, 2.24) is 24.1 Å². The molecule has 0 aromatic carbocycles. The first kappa shape index (κ1) is 20.3. The van der Waals surface area contributed by atoms with Crippen LogP contribution < -0.4 is 10.6 Å². The summed E-state index contributed by atoms with van der Waals surface area (Å²) in [5.41, 5.74) is 0.680. The van der Waals surface area contributed by atoms with Gasteiger partial charge in [0.25, 0.3) is 0 Å². The van der Waals surface area contributed by atoms with Crippen LogP contribution in [0.2, 0.25) is 0 Å². The summed E-state index contributed by atoms with van der Waals surface area (Å²) in [6.07, 6.45) is 7.11. The third-order valence-electron chi connectivity index (χ3n) is 3.96. The van der Waals surface area contributed by atoms with Crippen LogP contribution in [-0.2, 0) is 17.1 Å². The van der Waals surface area contributed by atoms with E-state index in [1.165, 1.54) is 10.6 Å². The summed E-state index contributed by atoms with van der Waals surface area (Å²) in [5, 5.41) is 9.85. The third kappa shape index (κ3) is 4.80. The first-order valence-corrected chi connectivity index (χ1v) is 9.66. The van der Waals surface area contributed by atoms with Crippen molar-refractivity contribution in [1.29, 1.82) is 0 Å². The molecule has 1 saturated heterocycles. The predicted molar refractivity (Wildman–Crippen MR) is 98.8 cm³/mol. The molecule has 2 N–H and O–H groups in total. The number of nitrogens with one attached hydrogen (secondary N) is 2. The van der Waals surface area contributed by atoms with E-state index in [4.69, 9.17) is 0 Å². The largest absolute Gasteiger partial charge is 0.366 e. The van der Waals surface area contributed by atoms with Crippen molar-refractivity contribution in [3.8, 4) is 0 Å². The Morgan fingerprint density at radius 1 is 1.38 bits per heavy atom. The van der Waals surface area contributed by atoms with E-state index in [0.29, 0.717) is 12.2 Å². The number of anilines is 3. The Bertz CT molecular complexity index is 861. The van der Waals surface area contributed by atoms with E-state index in [0.717, 1.165) is 19.0 Å². The van der Waals surface area contributed by atoms with Crippen molar-refractivity contribution in [3.63, 3.8) is 0 Å². The molecule has 0 radical (unpaired) electrons. The molecule has 1 atom stereocenters. The van der Waals surface area contributed by atoms with Gasteiger partial charge in [-0.1, -0.05) is 0 Å². The van der Waals surface area contributed by atoms with Gasteiger partial charge < -0.3 is 10.6 Å². The fourth-order valence-electron chi connectivity index (χ4n) is 2.83. The van der Waals surface area contributed by atoms with Crippen molar-refractivity contribution in [2.24, 2.45) is 7.05 Å². The quantitative estimate of drug-likeness (QED) is 0.747. The summed E-state index contributed by atoms with van der Waals surface area (Å²) in [7, 11) is -1.49. The minimum absolute atomic E-state index is 0. The van der Waals surface area contributed by atoms with Crippen LogP contribution in [0.15, 0.2) is 18.6 Å². The maximum atomic E-state index is 14.0. The summed E-state index contributed by atoms with van der Waals surface area (Å²) >= 11 is 0. The second-order valence-corrected chi connectivity index (χ2v) is 7.90. The number of halogens is 2. The van der Waals surface area contributed by atoms with E-state index in [1.54, 1.807) is 24.1 Å². The maximum absolute atomic E-state index is 14.0. The average Bonchev–Trinajstić information content (AvgIpc) is 3.16. The number of sulfonamides is 1. The standard InChI is InChI=1S/C14H20FN7O2S.ClH/c1-21-9-10(6-18-21)19-14-17-8-12(15)13(20-14)16-7-11-4-3-5-22(11)25(2,23)24;/h6,8-9,11H,3-5,7H2,1-2H3,(H2,16,17,19,20);1H/t11-;/m0./s1. The lowest BCUT2D eigenvalue weighted by Crippen LogP contribution is -2.39. The lowest BCUT2D eigenvalue weighted by molar-refractivity contribution is 0.402. The summed E-state index contributed by atoms with van der Waals surface area (Å²) in [4.78, 5) is 8.01. The number of hydrogen-bond acceptors (Lipinski definition) is 7. The molecular weight excluding hydrogens is 385 g/mol. The molecule has 9 nitrogen and oxygen atoms in total. The van der Waals surface area contributed by atoms with E-state index in [1.807, 2.05) is 0 Å². The highest BCUT2D eigenvalue weighted by atomic mass is 35.5. The van der Waals surface area contributed by atoms with Gasteiger partial charge in [-0.05, 0) is 12.8 Å². The molecule has 0 amide bonds. The molecule has 3 rings (SSSR count). The number of nitrogens with zero attached hydrogens (tertiary/aromatic N) is 5. The fraction of sp³-hybridized carbons (Fsp3) is 0.500. The first-order chi connectivity index (χ1) is 11.8. The molecule has 3 heterocycles. The van der Waals surface area contributed by atoms with Crippen molar-refractivity contribution >= 4 is 39.9 Å². The van der Waals surface area contributed by atoms with E-state index < -0.39 is 15.8 Å². The number of hydrogen-bond donors (Lipinski definition) is 2. The van der Waals surface area contributed by atoms with E-state index >= 15 is 0 Å². The molecule has 144 valence electrons. The predicted octanol–water partition coefficient (Wildman–Crippen LogP) is 1.35. The SMILES string of the molecule is Cl.Cn1cc(Nc2ncc(F)c(NC[C@@H]3CCCN3S(C)(=O)=O)n2)cn1. The molecule has 12 heteroatoms. The molecule has 0 bridgehead atoms. The molecule has 1 aliphatic heterocycles. The van der Waals surface area contributed by atoms with Crippen molar-refractivity contribution < 1.29 is 12.8 Å². The number of aryl methyl sites for hydroxylation is 1. The zero-order chi connectivity index (χ0) is 18.0. The Hall–Kier alpha value is -1.98. The fourth-order valence-corrected chi connectivity index (χ4v) is 4.01. The second-order valence-electron chi connectivity index (χ2n) is 5.97. The van der Waals surface area contributed by atoms with Crippen molar-refractivity contribution in [3.05, 3.63) is 24.4 Å². The average molecular weight is 406 g/mol. The van der Waals surface area contributed by atoms with Gasteiger partial charge in [-0.25, -0.2) is 17.8 Å². The molecular formula is C14H21ClFN7O2S. The Balaban J connectivity index is 0.00000243. The van der Waals surface area contributed by atoms with Gasteiger partial charge in [-0.3, -0.25) is 4.68 Å². The molecule has 0 saturated carbocycles. The molecule has 0 spiro atoms. The van der Waals surface area contributed by atoms with Gasteiger partial charge in [0.1, 0.15) is 0 Å². The zero-order valence-corrected chi connectivity index (χ0v) is 16.0. The molecule has 1 aliphatic rings. The molecule has 1 fully saturated rings. The molecule has 2 aromatic heterocycles. The van der Waals surface area contributed by atoms with E-state index in [2.05, 4.69) is 25.7 Å². The Labute approximate surface area is 157 Å².